The highest BCUT2D eigenvalue weighted by atomic mass is 32.2. The highest BCUT2D eigenvalue weighted by Gasteiger charge is 2.16. The minimum atomic E-state index is -0.321. The van der Waals surface area contributed by atoms with Gasteiger partial charge in [-0.3, -0.25) is 0 Å². The van der Waals surface area contributed by atoms with Gasteiger partial charge in [0.05, 0.1) is 4.58 Å². The Kier molecular flexibility index (Phi) is 6.38. The molecule has 1 aliphatic heterocycles. The summed E-state index contributed by atoms with van der Waals surface area (Å²) < 4.78 is 5.32. The van der Waals surface area contributed by atoms with E-state index in [0.717, 1.165) is 0 Å². The summed E-state index contributed by atoms with van der Waals surface area (Å²) in [6.07, 6.45) is 1.20. The van der Waals surface area contributed by atoms with Crippen LogP contribution in [0.1, 0.15) is 7.43 Å². The minimum absolute atomic E-state index is 0. The van der Waals surface area contributed by atoms with E-state index < -0.39 is 0 Å². The molecule has 1 rings (SSSR count). The molecule has 0 spiro atoms. The van der Waals surface area contributed by atoms with E-state index in [1.807, 2.05) is 23.5 Å². The van der Waals surface area contributed by atoms with E-state index in [1.54, 1.807) is 0 Å². The molecule has 2 nitrogen and oxygen atoms in total. The van der Waals surface area contributed by atoms with Crippen LogP contribution in [0.5, 0.6) is 0 Å². The molecule has 1 saturated heterocycles. The van der Waals surface area contributed by atoms with Crippen LogP contribution in [0.3, 0.4) is 0 Å². The van der Waals surface area contributed by atoms with Crippen molar-refractivity contribution in [2.24, 2.45) is 0 Å². The molecule has 0 aromatic heterocycles. The van der Waals surface area contributed by atoms with Crippen LogP contribution in [0.2, 0.25) is 0 Å². The van der Waals surface area contributed by atoms with Crippen LogP contribution in [0.15, 0.2) is 12.7 Å². The summed E-state index contributed by atoms with van der Waals surface area (Å²) in [5, 5.41) is 0. The van der Waals surface area contributed by atoms with Gasteiger partial charge >= 0.3 is 5.97 Å². The number of carbonyl (C=O) groups is 1. The van der Waals surface area contributed by atoms with Crippen LogP contribution in [-0.4, -0.2) is 28.7 Å². The van der Waals surface area contributed by atoms with Crippen LogP contribution in [-0.2, 0) is 9.53 Å². The van der Waals surface area contributed by atoms with Crippen molar-refractivity contribution in [2.75, 3.05) is 18.1 Å². The first-order valence-electron chi connectivity index (χ1n) is 3.35. The van der Waals surface area contributed by atoms with E-state index >= 15 is 0 Å². The summed E-state index contributed by atoms with van der Waals surface area (Å²) in [5.74, 6) is 2.01. The molecule has 0 bridgehead atoms. The molecule has 0 aromatic carbocycles. The molecule has 0 aliphatic carbocycles. The molecule has 0 amide bonds. The quantitative estimate of drug-likeness (QED) is 0.522. The van der Waals surface area contributed by atoms with E-state index in [9.17, 15) is 4.79 Å². The minimum Gasteiger partial charge on any atom is -0.460 e. The van der Waals surface area contributed by atoms with E-state index in [4.69, 9.17) is 4.74 Å². The zero-order valence-electron chi connectivity index (χ0n) is 6.12. The van der Waals surface area contributed by atoms with Crippen molar-refractivity contribution in [3.63, 3.8) is 0 Å². The molecule has 1 aliphatic rings. The lowest BCUT2D eigenvalue weighted by Crippen LogP contribution is -2.09. The summed E-state index contributed by atoms with van der Waals surface area (Å²) >= 11 is 3.69. The number of esters is 1. The second-order valence-corrected chi connectivity index (χ2v) is 4.92. The molecule has 1 fully saturated rings. The maximum atomic E-state index is 10.6. The van der Waals surface area contributed by atoms with Gasteiger partial charge in [0.2, 0.25) is 0 Å². The monoisotopic (exact) mass is 206 g/mol. The number of carbonyl (C=O) groups excluding carboxylic acids is 1. The third-order valence-corrected chi connectivity index (χ3v) is 4.19. The van der Waals surface area contributed by atoms with Gasteiger partial charge < -0.3 is 4.74 Å². The van der Waals surface area contributed by atoms with Gasteiger partial charge in [-0.15, -0.1) is 23.5 Å². The molecule has 4 heteroatoms. The molecule has 0 N–H and O–H groups in total. The van der Waals surface area contributed by atoms with Crippen molar-refractivity contribution in [3.05, 3.63) is 12.7 Å². The summed E-state index contributed by atoms with van der Waals surface area (Å²) in [5.41, 5.74) is 0. The Bertz CT molecular complexity index is 153. The molecule has 0 unspecified atom stereocenters. The summed E-state index contributed by atoms with van der Waals surface area (Å²) in [6, 6.07) is 0. The predicted molar refractivity (Wildman–Crippen MR) is 56.6 cm³/mol. The van der Waals surface area contributed by atoms with Crippen molar-refractivity contribution in [2.45, 2.75) is 12.0 Å². The number of rotatable bonds is 3. The van der Waals surface area contributed by atoms with Crippen LogP contribution in [0, 0.1) is 0 Å². The lowest BCUT2D eigenvalue weighted by atomic mass is 10.6. The second-order valence-electron chi connectivity index (χ2n) is 2.01. The first-order valence-corrected chi connectivity index (χ1v) is 5.45. The molecular formula is C8H14O2S2. The largest absolute Gasteiger partial charge is 0.460 e. The number of hydrogen-bond donors (Lipinski definition) is 0. The van der Waals surface area contributed by atoms with Gasteiger partial charge in [-0.05, 0) is 0 Å². The van der Waals surface area contributed by atoms with Crippen molar-refractivity contribution >= 4 is 29.5 Å². The average molecular weight is 206 g/mol. The second kappa shape index (κ2) is 6.43. The van der Waals surface area contributed by atoms with Gasteiger partial charge in [0.25, 0.3) is 0 Å². The molecule has 0 saturated carbocycles. The highest BCUT2D eigenvalue weighted by molar-refractivity contribution is 8.20. The maximum Gasteiger partial charge on any atom is 0.330 e. The number of thioether (sulfide) groups is 2. The average Bonchev–Trinajstić information content (AvgIpc) is 2.52. The zero-order valence-corrected chi connectivity index (χ0v) is 7.75. The highest BCUT2D eigenvalue weighted by Crippen LogP contribution is 2.31. The van der Waals surface area contributed by atoms with E-state index in [2.05, 4.69) is 6.58 Å². The van der Waals surface area contributed by atoms with Gasteiger partial charge in [-0.2, -0.15) is 0 Å². The maximum absolute atomic E-state index is 10.6. The van der Waals surface area contributed by atoms with Gasteiger partial charge in [0.1, 0.15) is 6.61 Å². The fraction of sp³-hybridized carbons (Fsp3) is 0.625. The van der Waals surface area contributed by atoms with Crippen molar-refractivity contribution in [1.29, 1.82) is 0 Å². The van der Waals surface area contributed by atoms with Gasteiger partial charge in [-0.1, -0.05) is 14.0 Å². The normalized spacial score (nSPS) is 16.7. The zero-order chi connectivity index (χ0) is 8.10. The van der Waals surface area contributed by atoms with E-state index in [-0.39, 0.29) is 13.4 Å². The number of ether oxygens (including phenoxy) is 1. The van der Waals surface area contributed by atoms with E-state index in [0.29, 0.717) is 11.2 Å². The first-order chi connectivity index (χ1) is 5.33. The summed E-state index contributed by atoms with van der Waals surface area (Å²) in [6.45, 7) is 3.83. The molecule has 0 radical (unpaired) electrons. The predicted octanol–water partition coefficient (Wildman–Crippen LogP) is 2.16. The molecule has 12 heavy (non-hydrogen) atoms. The lowest BCUT2D eigenvalue weighted by Gasteiger charge is -2.06. The third-order valence-electron chi connectivity index (χ3n) is 1.22. The molecule has 0 atom stereocenters. The van der Waals surface area contributed by atoms with Crippen LogP contribution < -0.4 is 0 Å². The van der Waals surface area contributed by atoms with Crippen molar-refractivity contribution < 1.29 is 9.53 Å². The van der Waals surface area contributed by atoms with Crippen LogP contribution in [0.25, 0.3) is 0 Å². The number of hydrogen-bond acceptors (Lipinski definition) is 4. The van der Waals surface area contributed by atoms with Gasteiger partial charge in [0, 0.05) is 17.6 Å². The van der Waals surface area contributed by atoms with Crippen molar-refractivity contribution in [3.8, 4) is 0 Å². The fourth-order valence-corrected chi connectivity index (χ4v) is 3.30. The lowest BCUT2D eigenvalue weighted by molar-refractivity contribution is -0.137. The third kappa shape index (κ3) is 4.07. The van der Waals surface area contributed by atoms with Crippen LogP contribution >= 0.6 is 23.5 Å². The Morgan fingerprint density at radius 3 is 2.67 bits per heavy atom. The topological polar surface area (TPSA) is 26.3 Å². The Balaban J connectivity index is 0.00000121. The molecular weight excluding hydrogens is 192 g/mol. The standard InChI is InChI=1S/C7H10O2S2.CH4/c1-2-6(8)9-5-7-10-3-4-11-7;/h2,7H,1,3-5H2;1H4. The van der Waals surface area contributed by atoms with Gasteiger partial charge in [0.15, 0.2) is 0 Å². The Morgan fingerprint density at radius 1 is 1.58 bits per heavy atom. The van der Waals surface area contributed by atoms with Gasteiger partial charge in [-0.25, -0.2) is 4.79 Å². The molecule has 1 heterocycles. The summed E-state index contributed by atoms with van der Waals surface area (Å²) in [7, 11) is 0. The SMILES string of the molecule is C.C=CC(=O)OCC1SCCS1. The van der Waals surface area contributed by atoms with Crippen LogP contribution in [0.4, 0.5) is 0 Å². The Hall–Kier alpha value is -0.0900. The first kappa shape index (κ1) is 11.9. The van der Waals surface area contributed by atoms with Crippen molar-refractivity contribution in [1.82, 2.24) is 0 Å². The summed E-state index contributed by atoms with van der Waals surface area (Å²) in [4.78, 5) is 10.6. The molecule has 70 valence electrons. The molecule has 0 aromatic rings. The van der Waals surface area contributed by atoms with E-state index in [1.165, 1.54) is 17.6 Å². The Morgan fingerprint density at radius 2 is 2.17 bits per heavy atom. The Labute approximate surface area is 82.1 Å². The smallest absolute Gasteiger partial charge is 0.330 e. The fourth-order valence-electron chi connectivity index (χ4n) is 0.713.